The molecule has 0 spiro atoms. The van der Waals surface area contributed by atoms with E-state index in [4.69, 9.17) is 0 Å². The molecular weight excluding hydrogens is 380 g/mol. The number of rotatable bonds is 4. The monoisotopic (exact) mass is 408 g/mol. The first kappa shape index (κ1) is 19.6. The van der Waals surface area contributed by atoms with E-state index in [1.807, 2.05) is 4.90 Å². The van der Waals surface area contributed by atoms with Crippen molar-refractivity contribution in [2.45, 2.75) is 64.5 Å². The van der Waals surface area contributed by atoms with Gasteiger partial charge < -0.3 is 9.88 Å². The molecule has 1 atom stereocenters. The third-order valence-corrected chi connectivity index (χ3v) is 8.20. The predicted molar refractivity (Wildman–Crippen MR) is 104 cm³/mol. The molecule has 1 aromatic rings. The van der Waals surface area contributed by atoms with Crippen LogP contribution in [0.15, 0.2) is 4.79 Å². The van der Waals surface area contributed by atoms with Crippen LogP contribution in [-0.2, 0) is 27.8 Å². The van der Waals surface area contributed by atoms with Crippen LogP contribution in [0, 0.1) is 5.92 Å². The minimum Gasteiger partial charge on any atom is -0.332 e. The molecule has 1 saturated heterocycles. The van der Waals surface area contributed by atoms with Crippen molar-refractivity contribution in [2.75, 3.05) is 18.8 Å². The molecule has 154 valence electrons. The molecule has 3 heterocycles. The number of sulfonamides is 1. The summed E-state index contributed by atoms with van der Waals surface area (Å²) >= 11 is 0. The highest BCUT2D eigenvalue weighted by Crippen LogP contribution is 2.35. The molecule has 1 N–H and O–H groups in total. The van der Waals surface area contributed by atoms with Gasteiger partial charge in [0.2, 0.25) is 15.9 Å². The molecule has 1 amide bonds. The molecule has 0 aromatic carbocycles. The standard InChI is InChI=1S/C19H28N4O4S/c1-2-28(26,27)22-11-9-14-15(12-22)20-17(21-18(14)24)16-8-3-4-10-23(16)19(25)13-6-5-7-13/h13,16H,2-12H2,1H3,(H,20,21,24)/t16-/m1/s1. The molecule has 4 rings (SSSR count). The number of carbonyl (C=O) groups excluding carboxylic acids is 1. The van der Waals surface area contributed by atoms with Crippen molar-refractivity contribution in [1.82, 2.24) is 19.2 Å². The lowest BCUT2D eigenvalue weighted by Gasteiger charge is -2.39. The van der Waals surface area contributed by atoms with Crippen molar-refractivity contribution in [1.29, 1.82) is 0 Å². The maximum Gasteiger partial charge on any atom is 0.254 e. The van der Waals surface area contributed by atoms with E-state index in [0.717, 1.165) is 38.5 Å². The first-order valence-corrected chi connectivity index (χ1v) is 11.9. The van der Waals surface area contributed by atoms with Crippen LogP contribution in [0.3, 0.4) is 0 Å². The molecule has 0 bridgehead atoms. The number of likely N-dealkylation sites (tertiary alicyclic amines) is 1. The van der Waals surface area contributed by atoms with E-state index in [-0.39, 0.29) is 35.7 Å². The zero-order valence-corrected chi connectivity index (χ0v) is 17.1. The van der Waals surface area contributed by atoms with Crippen LogP contribution < -0.4 is 5.56 Å². The van der Waals surface area contributed by atoms with Gasteiger partial charge in [0.15, 0.2) is 0 Å². The lowest BCUT2D eigenvalue weighted by Crippen LogP contribution is -2.45. The first-order chi connectivity index (χ1) is 13.4. The quantitative estimate of drug-likeness (QED) is 0.810. The van der Waals surface area contributed by atoms with Crippen LogP contribution in [0.25, 0.3) is 0 Å². The van der Waals surface area contributed by atoms with Gasteiger partial charge in [0.25, 0.3) is 5.56 Å². The zero-order valence-electron chi connectivity index (χ0n) is 16.3. The topological polar surface area (TPSA) is 103 Å². The average Bonchev–Trinajstić information content (AvgIpc) is 2.66. The second-order valence-corrected chi connectivity index (χ2v) is 10.3. The van der Waals surface area contributed by atoms with Gasteiger partial charge in [0.1, 0.15) is 5.82 Å². The molecule has 0 unspecified atom stereocenters. The van der Waals surface area contributed by atoms with Gasteiger partial charge in [-0.3, -0.25) is 9.59 Å². The van der Waals surface area contributed by atoms with Crippen molar-refractivity contribution < 1.29 is 13.2 Å². The highest BCUT2D eigenvalue weighted by molar-refractivity contribution is 7.89. The van der Waals surface area contributed by atoms with Crippen molar-refractivity contribution in [3.63, 3.8) is 0 Å². The molecule has 0 radical (unpaired) electrons. The maximum atomic E-state index is 12.9. The van der Waals surface area contributed by atoms with E-state index in [2.05, 4.69) is 9.97 Å². The van der Waals surface area contributed by atoms with Gasteiger partial charge >= 0.3 is 0 Å². The molecule has 1 aliphatic carbocycles. The van der Waals surface area contributed by atoms with Crippen molar-refractivity contribution >= 4 is 15.9 Å². The summed E-state index contributed by atoms with van der Waals surface area (Å²) in [4.78, 5) is 35.0. The number of nitrogens with one attached hydrogen (secondary N) is 1. The van der Waals surface area contributed by atoms with Gasteiger partial charge in [0, 0.05) is 24.6 Å². The number of piperidine rings is 1. The summed E-state index contributed by atoms with van der Waals surface area (Å²) in [5, 5.41) is 0. The lowest BCUT2D eigenvalue weighted by molar-refractivity contribution is -0.142. The number of aromatic amines is 1. The number of H-pyrrole nitrogens is 1. The predicted octanol–water partition coefficient (Wildman–Crippen LogP) is 1.33. The summed E-state index contributed by atoms with van der Waals surface area (Å²) in [5.74, 6) is 0.818. The molecule has 1 saturated carbocycles. The second kappa shape index (κ2) is 7.59. The molecule has 9 heteroatoms. The third-order valence-electron chi connectivity index (χ3n) is 6.37. The molecule has 28 heavy (non-hydrogen) atoms. The average molecular weight is 409 g/mol. The zero-order chi connectivity index (χ0) is 19.9. The van der Waals surface area contributed by atoms with Gasteiger partial charge in [-0.05, 0) is 45.4 Å². The summed E-state index contributed by atoms with van der Waals surface area (Å²) in [6.07, 6.45) is 6.08. The molecular formula is C19H28N4O4S. The van der Waals surface area contributed by atoms with Crippen LogP contribution in [0.1, 0.15) is 68.6 Å². The van der Waals surface area contributed by atoms with Crippen molar-refractivity contribution in [2.24, 2.45) is 5.92 Å². The summed E-state index contributed by atoms with van der Waals surface area (Å²) in [5.41, 5.74) is 0.901. The Morgan fingerprint density at radius 3 is 2.64 bits per heavy atom. The second-order valence-electron chi connectivity index (χ2n) is 8.03. The van der Waals surface area contributed by atoms with Crippen LogP contribution in [0.4, 0.5) is 0 Å². The number of carbonyl (C=O) groups is 1. The van der Waals surface area contributed by atoms with Crippen LogP contribution >= 0.6 is 0 Å². The van der Waals surface area contributed by atoms with Crippen LogP contribution in [0.5, 0.6) is 0 Å². The van der Waals surface area contributed by atoms with E-state index in [1.54, 1.807) is 6.92 Å². The van der Waals surface area contributed by atoms with Gasteiger partial charge in [-0.2, -0.15) is 4.31 Å². The fourth-order valence-electron chi connectivity index (χ4n) is 4.38. The maximum absolute atomic E-state index is 12.9. The highest BCUT2D eigenvalue weighted by Gasteiger charge is 2.37. The van der Waals surface area contributed by atoms with Gasteiger partial charge in [-0.1, -0.05) is 6.42 Å². The smallest absolute Gasteiger partial charge is 0.254 e. The highest BCUT2D eigenvalue weighted by atomic mass is 32.2. The van der Waals surface area contributed by atoms with E-state index in [1.165, 1.54) is 4.31 Å². The SMILES string of the molecule is CCS(=O)(=O)N1CCc2c(nc([C@H]3CCCCN3C(=O)C3CCC3)[nH]c2=O)C1. The van der Waals surface area contributed by atoms with E-state index in [0.29, 0.717) is 36.6 Å². The van der Waals surface area contributed by atoms with E-state index >= 15 is 0 Å². The minimum absolute atomic E-state index is 0.0324. The van der Waals surface area contributed by atoms with E-state index in [9.17, 15) is 18.0 Å². The van der Waals surface area contributed by atoms with Crippen molar-refractivity contribution in [3.8, 4) is 0 Å². The van der Waals surface area contributed by atoms with Crippen LogP contribution in [-0.4, -0.2) is 52.3 Å². The Bertz CT molecular complexity index is 922. The fourth-order valence-corrected chi connectivity index (χ4v) is 5.44. The lowest BCUT2D eigenvalue weighted by atomic mass is 9.83. The van der Waals surface area contributed by atoms with Gasteiger partial charge in [-0.15, -0.1) is 0 Å². The molecule has 8 nitrogen and oxygen atoms in total. The summed E-state index contributed by atoms with van der Waals surface area (Å²) in [7, 11) is -3.33. The summed E-state index contributed by atoms with van der Waals surface area (Å²) in [6.45, 7) is 2.75. The first-order valence-electron chi connectivity index (χ1n) is 10.3. The minimum atomic E-state index is -3.33. The molecule has 3 aliphatic rings. The summed E-state index contributed by atoms with van der Waals surface area (Å²) in [6, 6.07) is -0.224. The van der Waals surface area contributed by atoms with Gasteiger partial charge in [0.05, 0.1) is 24.0 Å². The Kier molecular flexibility index (Phi) is 5.30. The molecule has 2 aliphatic heterocycles. The number of fused-ring (bicyclic) bond motifs is 1. The number of amides is 1. The number of nitrogens with zero attached hydrogens (tertiary/aromatic N) is 3. The number of aromatic nitrogens is 2. The van der Waals surface area contributed by atoms with Crippen molar-refractivity contribution in [3.05, 3.63) is 27.4 Å². The number of hydrogen-bond acceptors (Lipinski definition) is 5. The Morgan fingerprint density at radius 2 is 1.96 bits per heavy atom. The normalized spacial score (nSPS) is 23.9. The Balaban J connectivity index is 1.65. The van der Waals surface area contributed by atoms with Crippen LogP contribution in [0.2, 0.25) is 0 Å². The van der Waals surface area contributed by atoms with Gasteiger partial charge in [-0.25, -0.2) is 13.4 Å². The largest absolute Gasteiger partial charge is 0.332 e. The molecule has 1 aromatic heterocycles. The van der Waals surface area contributed by atoms with E-state index < -0.39 is 10.0 Å². The number of hydrogen-bond donors (Lipinski definition) is 1. The summed E-state index contributed by atoms with van der Waals surface area (Å²) < 4.78 is 25.9. The molecule has 2 fully saturated rings. The third kappa shape index (κ3) is 3.50. The Morgan fingerprint density at radius 1 is 1.18 bits per heavy atom. The Labute approximate surface area is 165 Å². The fraction of sp³-hybridized carbons (Fsp3) is 0.737. The Hall–Kier alpha value is -1.74.